The third-order valence-electron chi connectivity index (χ3n) is 11.4. The minimum Gasteiger partial charge on any atom is -0.506 e. The second kappa shape index (κ2) is 9.92. The number of benzene rings is 1. The van der Waals surface area contributed by atoms with Crippen molar-refractivity contribution in [2.75, 3.05) is 0 Å². The van der Waals surface area contributed by atoms with Crippen LogP contribution in [0, 0.1) is 11.8 Å². The molecule has 8 rings (SSSR count). The first kappa shape index (κ1) is 31.9. The van der Waals surface area contributed by atoms with Crippen molar-refractivity contribution in [1.29, 1.82) is 0 Å². The number of ketones is 2. The van der Waals surface area contributed by atoms with Gasteiger partial charge in [0.1, 0.15) is 34.5 Å². The summed E-state index contributed by atoms with van der Waals surface area (Å²) in [6, 6.07) is 0. The summed E-state index contributed by atoms with van der Waals surface area (Å²) in [7, 11) is 0. The Morgan fingerprint density at radius 3 is 2.36 bits per heavy atom. The number of allylic oxidation sites excluding steroid dienone is 4. The normalized spacial score (nSPS) is 36.3. The number of phenolic OH excluding ortho intramolecular Hbond substituents is 1. The zero-order chi connectivity index (χ0) is 34.1. The van der Waals surface area contributed by atoms with Crippen molar-refractivity contribution in [1.82, 2.24) is 0 Å². The molecule has 1 aromatic carbocycles. The van der Waals surface area contributed by atoms with E-state index in [9.17, 15) is 19.8 Å². The van der Waals surface area contributed by atoms with E-state index in [2.05, 4.69) is 19.9 Å². The van der Waals surface area contributed by atoms with E-state index in [1.807, 2.05) is 52.8 Å². The van der Waals surface area contributed by atoms with Gasteiger partial charge in [-0.15, -0.1) is 0 Å². The highest BCUT2D eigenvalue weighted by Gasteiger charge is 2.97. The Labute approximate surface area is 275 Å². The fourth-order valence-corrected chi connectivity index (χ4v) is 9.13. The zero-order valence-electron chi connectivity index (χ0n) is 28.4. The van der Waals surface area contributed by atoms with E-state index in [1.165, 1.54) is 18.6 Å². The summed E-state index contributed by atoms with van der Waals surface area (Å²) in [5.41, 5.74) is -3.06. The van der Waals surface area contributed by atoms with Gasteiger partial charge in [0, 0.05) is 23.5 Å². The minimum absolute atomic E-state index is 0.0278. The number of carboxylic acid groups (broad SMARTS) is 1. The summed E-state index contributed by atoms with van der Waals surface area (Å²) in [4.78, 5) is 41.4. The molecule has 2 spiro atoms. The van der Waals surface area contributed by atoms with Crippen molar-refractivity contribution in [3.63, 3.8) is 0 Å². The van der Waals surface area contributed by atoms with Gasteiger partial charge in [-0.25, -0.2) is 4.79 Å². The number of rotatable bonds is 8. The highest BCUT2D eigenvalue weighted by molar-refractivity contribution is 6.16. The number of hydrogen-bond acceptors (Lipinski definition) is 8. The van der Waals surface area contributed by atoms with Gasteiger partial charge in [-0.3, -0.25) is 9.59 Å². The van der Waals surface area contributed by atoms with Gasteiger partial charge in [0.2, 0.25) is 11.4 Å². The molecule has 0 aromatic heterocycles. The third kappa shape index (κ3) is 3.99. The number of Topliss-reactive ketones (excluding diaryl/α,β-unsaturated/α-hetero) is 2. The largest absolute Gasteiger partial charge is 0.506 e. The highest BCUT2D eigenvalue weighted by Crippen LogP contribution is 2.77. The van der Waals surface area contributed by atoms with Gasteiger partial charge >= 0.3 is 5.97 Å². The number of epoxide rings is 1. The molecule has 250 valence electrons. The van der Waals surface area contributed by atoms with Gasteiger partial charge in [0.15, 0.2) is 17.0 Å². The molecule has 7 atom stereocenters. The number of ether oxygens (including phenoxy) is 4. The third-order valence-corrected chi connectivity index (χ3v) is 11.4. The lowest BCUT2D eigenvalue weighted by molar-refractivity contribution is -0.192. The average molecular weight is 645 g/mol. The number of aromatic hydroxyl groups is 1. The van der Waals surface area contributed by atoms with Gasteiger partial charge in [-0.05, 0) is 93.2 Å². The Morgan fingerprint density at radius 2 is 1.70 bits per heavy atom. The second-order valence-corrected chi connectivity index (χ2v) is 15.5. The standard InChI is InChI=1S/C38H44O9/c1-19(2)10-9-15-35(8)16-14-22-27(39)26-29(23(28(22)44-35)12-11-20(3)4)45-38-25-18-24(32-37(38,46-32)31(26)41)30(40)36(38,47-34(25,6)7)17-13-21(5)33(42)43/h10-11,13-14,16,24-25,32,39H,9,12,15,17-18H2,1-8H3,(H,42,43)/b21-13+/t24-,25+,32+,35-,36+,37?,38?/m1/s1. The monoisotopic (exact) mass is 644 g/mol. The van der Waals surface area contributed by atoms with Crippen molar-refractivity contribution < 1.29 is 43.5 Å². The van der Waals surface area contributed by atoms with Gasteiger partial charge in [0.05, 0.1) is 17.1 Å². The SMILES string of the molecule is CC(C)=CCC[C@]1(C)C=Cc2c(O)c3c(c(CC=C(C)C)c2O1)OC12[C@H]4C[C@H](C(=O)[C@]1(C/C=C(\C)C(=O)O)OC4(C)C)[C@@H]1OC12C3=O. The molecule has 0 radical (unpaired) electrons. The molecule has 7 aliphatic rings. The predicted octanol–water partition coefficient (Wildman–Crippen LogP) is 6.45. The lowest BCUT2D eigenvalue weighted by atomic mass is 9.46. The summed E-state index contributed by atoms with van der Waals surface area (Å²) < 4.78 is 27.1. The smallest absolute Gasteiger partial charge is 0.330 e. The van der Waals surface area contributed by atoms with Crippen LogP contribution in [-0.2, 0) is 25.5 Å². The first-order chi connectivity index (χ1) is 22.0. The topological polar surface area (TPSA) is 132 Å². The summed E-state index contributed by atoms with van der Waals surface area (Å²) in [5, 5.41) is 21.6. The van der Waals surface area contributed by atoms with Crippen LogP contribution in [0.5, 0.6) is 17.2 Å². The Hall–Kier alpha value is -3.69. The molecular formula is C38H44O9. The van der Waals surface area contributed by atoms with Gasteiger partial charge in [-0.1, -0.05) is 29.4 Å². The Bertz CT molecular complexity index is 1770. The molecule has 4 bridgehead atoms. The number of fused-ring (bicyclic) bond motifs is 2. The fourth-order valence-electron chi connectivity index (χ4n) is 9.13. The Morgan fingerprint density at radius 1 is 1.00 bits per heavy atom. The van der Waals surface area contributed by atoms with E-state index in [0.717, 1.165) is 12.0 Å². The lowest BCUT2D eigenvalue weighted by Crippen LogP contribution is -2.80. The van der Waals surface area contributed by atoms with Crippen LogP contribution < -0.4 is 9.47 Å². The molecule has 3 saturated carbocycles. The van der Waals surface area contributed by atoms with Crippen molar-refractivity contribution >= 4 is 23.6 Å². The van der Waals surface area contributed by atoms with Crippen LogP contribution in [0.1, 0.15) is 103 Å². The molecule has 2 saturated heterocycles. The molecule has 9 heteroatoms. The molecule has 1 aromatic rings. The van der Waals surface area contributed by atoms with Crippen LogP contribution >= 0.6 is 0 Å². The molecule has 9 nitrogen and oxygen atoms in total. The maximum Gasteiger partial charge on any atom is 0.330 e. The number of phenols is 1. The van der Waals surface area contributed by atoms with Crippen LogP contribution in [0.2, 0.25) is 0 Å². The average Bonchev–Trinajstić information content (AvgIpc) is 3.72. The number of hydrogen-bond donors (Lipinski definition) is 2. The number of carbonyl (C=O) groups is 3. The number of carboxylic acids is 1. The highest BCUT2D eigenvalue weighted by atomic mass is 16.7. The van der Waals surface area contributed by atoms with Crippen molar-refractivity contribution in [3.05, 3.63) is 57.7 Å². The quantitative estimate of drug-likeness (QED) is 0.186. The van der Waals surface area contributed by atoms with E-state index >= 15 is 4.79 Å². The van der Waals surface area contributed by atoms with Crippen molar-refractivity contribution in [2.45, 2.75) is 122 Å². The molecule has 4 heterocycles. The minimum atomic E-state index is -1.68. The van der Waals surface area contributed by atoms with Crippen LogP contribution in [0.25, 0.3) is 6.08 Å². The molecule has 4 aliphatic heterocycles. The zero-order valence-corrected chi connectivity index (χ0v) is 28.4. The summed E-state index contributed by atoms with van der Waals surface area (Å²) in [6.45, 7) is 15.3. The van der Waals surface area contributed by atoms with Crippen LogP contribution in [0.15, 0.2) is 41.0 Å². The molecule has 3 aliphatic carbocycles. The van der Waals surface area contributed by atoms with E-state index in [4.69, 9.17) is 18.9 Å². The van der Waals surface area contributed by atoms with E-state index in [0.29, 0.717) is 36.1 Å². The van der Waals surface area contributed by atoms with Crippen LogP contribution in [0.3, 0.4) is 0 Å². The molecule has 47 heavy (non-hydrogen) atoms. The summed E-state index contributed by atoms with van der Waals surface area (Å²) in [6.07, 6.45) is 10.9. The fraction of sp³-hybridized carbons (Fsp3) is 0.553. The van der Waals surface area contributed by atoms with Gasteiger partial charge < -0.3 is 29.2 Å². The first-order valence-corrected chi connectivity index (χ1v) is 16.6. The number of aliphatic carboxylic acids is 1. The predicted molar refractivity (Wildman–Crippen MR) is 174 cm³/mol. The van der Waals surface area contributed by atoms with Crippen molar-refractivity contribution in [3.8, 4) is 17.2 Å². The van der Waals surface area contributed by atoms with Crippen LogP contribution in [0.4, 0.5) is 0 Å². The molecular weight excluding hydrogens is 600 g/mol. The van der Waals surface area contributed by atoms with Gasteiger partial charge in [0.25, 0.3) is 0 Å². The van der Waals surface area contributed by atoms with Crippen molar-refractivity contribution in [2.24, 2.45) is 11.8 Å². The van der Waals surface area contributed by atoms with Gasteiger partial charge in [-0.2, -0.15) is 0 Å². The van der Waals surface area contributed by atoms with E-state index in [1.54, 1.807) is 0 Å². The van der Waals surface area contributed by atoms with E-state index in [-0.39, 0.29) is 34.8 Å². The lowest BCUT2D eigenvalue weighted by Gasteiger charge is -2.58. The maximum absolute atomic E-state index is 15.0. The first-order valence-electron chi connectivity index (χ1n) is 16.6. The maximum atomic E-state index is 15.0. The van der Waals surface area contributed by atoms with Crippen LogP contribution in [-0.4, -0.2) is 61.9 Å². The number of carbonyl (C=O) groups excluding carboxylic acids is 2. The molecule has 0 amide bonds. The summed E-state index contributed by atoms with van der Waals surface area (Å²) >= 11 is 0. The Kier molecular flexibility index (Phi) is 6.73. The Balaban J connectivity index is 1.46. The molecule has 5 fully saturated rings. The summed E-state index contributed by atoms with van der Waals surface area (Å²) in [5.74, 6) is -2.45. The van der Waals surface area contributed by atoms with E-state index < -0.39 is 57.7 Å². The molecule has 2 unspecified atom stereocenters. The second-order valence-electron chi connectivity index (χ2n) is 15.5. The molecule has 2 N–H and O–H groups in total.